The molecule has 28 nitrogen and oxygen atoms in total. The van der Waals surface area contributed by atoms with Crippen LogP contribution in [-0.4, -0.2) is 141 Å². The number of carboxylic acid groups (broad SMARTS) is 6. The number of carboxylic acids is 6. The molecule has 0 saturated heterocycles. The van der Waals surface area contributed by atoms with Crippen LogP contribution >= 0.6 is 0 Å². The zero-order valence-electron chi connectivity index (χ0n) is 64.3. The minimum atomic E-state index is -1.11. The van der Waals surface area contributed by atoms with Crippen LogP contribution < -0.4 is 87.5 Å². The van der Waals surface area contributed by atoms with Gasteiger partial charge in [-0.05, 0) is 130 Å². The molecule has 30 heteroatoms. The third-order valence-electron chi connectivity index (χ3n) is 15.5. The smallest absolute Gasteiger partial charge is 0.550 e. The van der Waals surface area contributed by atoms with Gasteiger partial charge in [-0.25, -0.2) is 0 Å². The molecule has 0 unspecified atom stereocenters. The Morgan fingerprint density at radius 3 is 0.482 bits per heavy atom. The van der Waals surface area contributed by atoms with E-state index < -0.39 is 35.8 Å². The number of hydrogen-bond acceptors (Lipinski definition) is 28. The minimum Gasteiger partial charge on any atom is -0.550 e. The maximum absolute atomic E-state index is 10.3. The van der Waals surface area contributed by atoms with E-state index in [9.17, 15) is 59.4 Å². The first-order valence-corrected chi connectivity index (χ1v) is 33.5. The molecule has 4 aromatic heterocycles. The van der Waals surface area contributed by atoms with Crippen molar-refractivity contribution in [2.24, 2.45) is 0 Å². The fraction of sp³-hybridized carbons (Fsp3) is 0.214. The Labute approximate surface area is 723 Å². The van der Waals surface area contributed by atoms with Crippen LogP contribution in [0.1, 0.15) is 33.4 Å². The van der Waals surface area contributed by atoms with E-state index in [0.29, 0.717) is 102 Å². The van der Waals surface area contributed by atoms with Gasteiger partial charge in [-0.15, -0.1) is 0 Å². The van der Waals surface area contributed by atoms with Gasteiger partial charge in [0.25, 0.3) is 0 Å². The summed E-state index contributed by atoms with van der Waals surface area (Å²) in [5.74, 6) is -0.0941. The van der Waals surface area contributed by atoms with Gasteiger partial charge in [0.1, 0.15) is 0 Å². The molecule has 4 heterocycles. The molecular weight excluding hydrogens is 1750 g/mol. The molecule has 594 valence electrons. The second-order valence-corrected chi connectivity index (χ2v) is 22.9. The molecule has 114 heavy (non-hydrogen) atoms. The number of aromatic nitrogens is 4. The Kier molecular flexibility index (Phi) is 44.0. The number of methoxy groups -OCH3 is 12. The fourth-order valence-electron chi connectivity index (χ4n) is 10.3. The Balaban J connectivity index is 0.000000336. The molecule has 0 fully saturated rings. The van der Waals surface area contributed by atoms with E-state index in [-0.39, 0.29) is 119 Å². The Hall–Kier alpha value is -11.5. The number of ether oxygens (including phenoxy) is 12. The van der Waals surface area contributed by atoms with Gasteiger partial charge in [-0.2, -0.15) is 0 Å². The summed E-state index contributed by atoms with van der Waals surface area (Å²) in [7, 11) is 18.1. The standard InChI is InChI=1S/2C12H8N2.6C10H12O4.2Sm/c2*1-3-9-5-6-10-4-2-8-14-12(10)11(9)13-7-1;6*1-13-8-4-3-7(6-10(11)12)5-9(8)14-2;;/h2*1-8H;6*3-5H,6H2,1-2H3,(H,11,12);;/q;;;;;;;;2*+3/p-6. The molecule has 12 rings (SSSR count). The van der Waals surface area contributed by atoms with Crippen molar-refractivity contribution in [2.45, 2.75) is 38.5 Å². The molecule has 0 spiro atoms. The van der Waals surface area contributed by atoms with Crippen LogP contribution in [0.3, 0.4) is 0 Å². The van der Waals surface area contributed by atoms with Crippen molar-refractivity contribution in [3.8, 4) is 69.0 Å². The van der Waals surface area contributed by atoms with Crippen molar-refractivity contribution in [1.82, 2.24) is 19.9 Å². The van der Waals surface area contributed by atoms with E-state index in [4.69, 9.17) is 56.8 Å². The number of fused-ring (bicyclic) bond motifs is 6. The number of nitrogens with zero attached hydrogens (tertiary/aromatic N) is 4. The van der Waals surface area contributed by atoms with Crippen molar-refractivity contribution in [2.75, 3.05) is 85.3 Å². The summed E-state index contributed by atoms with van der Waals surface area (Å²) < 4.78 is 60.2. The van der Waals surface area contributed by atoms with Gasteiger partial charge in [0.2, 0.25) is 0 Å². The van der Waals surface area contributed by atoms with Crippen LogP contribution in [0.4, 0.5) is 0 Å². The molecule has 0 N–H and O–H groups in total. The molecule has 0 bridgehead atoms. The van der Waals surface area contributed by atoms with Gasteiger partial charge in [0.05, 0.1) is 107 Å². The van der Waals surface area contributed by atoms with Crippen molar-refractivity contribution >= 4 is 79.4 Å². The largest absolute Gasteiger partial charge is 3.00 e. The van der Waals surface area contributed by atoms with E-state index in [1.54, 1.807) is 134 Å². The maximum Gasteiger partial charge on any atom is 3.00 e. The normalized spacial score (nSPS) is 9.72. The van der Waals surface area contributed by atoms with Crippen molar-refractivity contribution in [3.05, 3.63) is 240 Å². The predicted molar refractivity (Wildman–Crippen MR) is 404 cm³/mol. The molecule has 0 saturated carbocycles. The minimum absolute atomic E-state index is 0. The quantitative estimate of drug-likeness (QED) is 0.0670. The number of pyridine rings is 4. The van der Waals surface area contributed by atoms with E-state index in [1.807, 2.05) is 24.3 Å². The van der Waals surface area contributed by atoms with Crippen LogP contribution in [-0.2, 0) is 67.3 Å². The van der Waals surface area contributed by atoms with Crippen LogP contribution in [0.2, 0.25) is 0 Å². The van der Waals surface area contributed by atoms with E-state index in [0.717, 1.165) is 43.6 Å². The van der Waals surface area contributed by atoms with Crippen LogP contribution in [0.5, 0.6) is 69.0 Å². The zero-order chi connectivity index (χ0) is 82.1. The van der Waals surface area contributed by atoms with Gasteiger partial charge in [0.15, 0.2) is 69.0 Å². The second kappa shape index (κ2) is 51.9. The fourth-order valence-corrected chi connectivity index (χ4v) is 10.3. The molecule has 2 radical (unpaired) electrons. The summed E-state index contributed by atoms with van der Waals surface area (Å²) >= 11 is 0. The van der Waals surface area contributed by atoms with Crippen LogP contribution in [0, 0.1) is 80.8 Å². The van der Waals surface area contributed by atoms with Gasteiger partial charge in [0, 0.05) is 121 Å². The first kappa shape index (κ1) is 96.7. The van der Waals surface area contributed by atoms with Gasteiger partial charge in [-0.1, -0.05) is 84.9 Å². The van der Waals surface area contributed by atoms with Crippen LogP contribution in [0.15, 0.2) is 207 Å². The zero-order valence-corrected chi connectivity index (χ0v) is 69.5. The molecule has 0 aliphatic heterocycles. The summed E-state index contributed by atoms with van der Waals surface area (Å²) in [5.41, 5.74) is 7.67. The SMILES string of the molecule is COc1ccc(CC(=O)[O-])cc1OC.COc1ccc(CC(=O)[O-])cc1OC.COc1ccc(CC(=O)[O-])cc1OC.COc1ccc(CC(=O)[O-])cc1OC.COc1ccc(CC(=O)[O-])cc1OC.COc1ccc(CC(=O)[O-])cc1OC.[Sm+3].[Sm+3].c1cnc2c(c1)ccc1cccnc12.c1cnc2c(c1)ccc1cccnc12. The van der Waals surface area contributed by atoms with Gasteiger partial charge >= 0.3 is 80.8 Å². The molecule has 0 aliphatic carbocycles. The number of hydrogen-bond donors (Lipinski definition) is 0. The number of carbonyl (C=O) groups is 6. The molecule has 8 aromatic carbocycles. The molecule has 0 aliphatic rings. The molecular formula is C84H82N4O24Sm2. The Morgan fingerprint density at radius 2 is 0.360 bits per heavy atom. The maximum atomic E-state index is 10.3. The average Bonchev–Trinajstić information content (AvgIpc) is 0.800. The monoisotopic (exact) mass is 1830 g/mol. The van der Waals surface area contributed by atoms with Crippen molar-refractivity contribution in [3.63, 3.8) is 0 Å². The molecule has 12 aromatic rings. The average molecular weight is 1830 g/mol. The number of benzene rings is 8. The van der Waals surface area contributed by atoms with E-state index >= 15 is 0 Å². The summed E-state index contributed by atoms with van der Waals surface area (Å²) in [6, 6.07) is 54.0. The number of carbonyl (C=O) groups excluding carboxylic acids is 6. The molecule has 0 amide bonds. The third-order valence-corrected chi connectivity index (χ3v) is 15.5. The first-order chi connectivity index (χ1) is 53.9. The summed E-state index contributed by atoms with van der Waals surface area (Å²) in [6.45, 7) is 0. The summed E-state index contributed by atoms with van der Waals surface area (Å²) in [4.78, 5) is 79.4. The summed E-state index contributed by atoms with van der Waals surface area (Å²) in [5, 5.41) is 66.6. The first-order valence-electron chi connectivity index (χ1n) is 33.5. The second-order valence-electron chi connectivity index (χ2n) is 22.9. The van der Waals surface area contributed by atoms with E-state index in [1.165, 1.54) is 85.3 Å². The predicted octanol–water partition coefficient (Wildman–Crippen LogP) is 5.54. The Bertz CT molecular complexity index is 4350. The Morgan fingerprint density at radius 1 is 0.219 bits per heavy atom. The van der Waals surface area contributed by atoms with Gasteiger partial charge in [-0.3, -0.25) is 19.9 Å². The number of aliphatic carboxylic acids is 6. The van der Waals surface area contributed by atoms with Gasteiger partial charge < -0.3 is 116 Å². The summed E-state index contributed by atoms with van der Waals surface area (Å²) in [6.07, 6.45) is 6.46. The van der Waals surface area contributed by atoms with E-state index in [2.05, 4.69) is 68.5 Å². The van der Waals surface area contributed by atoms with Crippen LogP contribution in [0.25, 0.3) is 43.6 Å². The third kappa shape index (κ3) is 31.9. The van der Waals surface area contributed by atoms with Crippen molar-refractivity contribution < 1.29 is 197 Å². The topological polar surface area (TPSA) is 403 Å². The van der Waals surface area contributed by atoms with Crippen molar-refractivity contribution in [1.29, 1.82) is 0 Å². The number of rotatable bonds is 24. The molecule has 0 atom stereocenters.